The lowest BCUT2D eigenvalue weighted by molar-refractivity contribution is -0.146. The second kappa shape index (κ2) is 5.11. The van der Waals surface area contributed by atoms with Crippen molar-refractivity contribution in [2.45, 2.75) is 19.0 Å². The summed E-state index contributed by atoms with van der Waals surface area (Å²) in [7, 11) is -1.58. The van der Waals surface area contributed by atoms with Crippen LogP contribution >= 0.6 is 0 Å². The Bertz CT molecular complexity index is 353. The average Bonchev–Trinajstić information content (AvgIpc) is 2.13. The van der Waals surface area contributed by atoms with Crippen LogP contribution in [0.3, 0.4) is 0 Å². The number of ether oxygens (including phenoxy) is 1. The molecule has 0 saturated carbocycles. The summed E-state index contributed by atoms with van der Waals surface area (Å²) in [6.45, 7) is 2.05. The van der Waals surface area contributed by atoms with Crippen LogP contribution in [0.4, 0.5) is 0 Å². The third-order valence-corrected chi connectivity index (χ3v) is 4.53. The summed E-state index contributed by atoms with van der Waals surface area (Å²) in [5, 5.41) is 9.03. The molecule has 1 aliphatic rings. The highest BCUT2D eigenvalue weighted by atomic mass is 32.2. The second-order valence-electron chi connectivity index (χ2n) is 4.01. The van der Waals surface area contributed by atoms with Gasteiger partial charge >= 0.3 is 5.97 Å². The Hall–Kier alpha value is -0.660. The zero-order valence-corrected chi connectivity index (χ0v) is 10.2. The van der Waals surface area contributed by atoms with Crippen LogP contribution in [0.1, 0.15) is 6.92 Å². The molecular weight excluding hydrogens is 234 g/mol. The second-order valence-corrected chi connectivity index (χ2v) is 6.24. The summed E-state index contributed by atoms with van der Waals surface area (Å²) in [5.41, 5.74) is 0. The van der Waals surface area contributed by atoms with Crippen molar-refractivity contribution < 1.29 is 23.1 Å². The molecule has 1 aliphatic heterocycles. The van der Waals surface area contributed by atoms with Gasteiger partial charge in [0.1, 0.15) is 6.04 Å². The van der Waals surface area contributed by atoms with Crippen LogP contribution in [0.15, 0.2) is 0 Å². The van der Waals surface area contributed by atoms with Crippen LogP contribution in [0.2, 0.25) is 0 Å². The van der Waals surface area contributed by atoms with Gasteiger partial charge in [0, 0.05) is 19.7 Å². The number of nitrogens with zero attached hydrogens (tertiary/aromatic N) is 1. The molecule has 0 aromatic rings. The van der Waals surface area contributed by atoms with Crippen LogP contribution in [-0.2, 0) is 19.4 Å². The number of carboxylic acid groups (broad SMARTS) is 1. The normalized spacial score (nSPS) is 27.5. The molecule has 1 N–H and O–H groups in total. The molecule has 94 valence electrons. The van der Waals surface area contributed by atoms with Gasteiger partial charge in [-0.3, -0.25) is 9.69 Å². The fraction of sp³-hybridized carbons (Fsp3) is 0.889. The fourth-order valence-corrected chi connectivity index (χ4v) is 3.52. The molecule has 6 nitrogen and oxygen atoms in total. The van der Waals surface area contributed by atoms with Gasteiger partial charge in [-0.2, -0.15) is 0 Å². The Labute approximate surface area is 95.1 Å². The van der Waals surface area contributed by atoms with Gasteiger partial charge in [0.05, 0.1) is 18.1 Å². The summed E-state index contributed by atoms with van der Waals surface area (Å²) >= 11 is 0. The minimum absolute atomic E-state index is 0.0144. The van der Waals surface area contributed by atoms with Gasteiger partial charge in [0.25, 0.3) is 0 Å². The minimum atomic E-state index is -3.01. The number of hydrogen-bond donors (Lipinski definition) is 1. The molecule has 2 unspecified atom stereocenters. The van der Waals surface area contributed by atoms with Gasteiger partial charge in [-0.15, -0.1) is 0 Å². The number of carboxylic acids is 1. The van der Waals surface area contributed by atoms with Gasteiger partial charge in [-0.1, -0.05) is 0 Å². The van der Waals surface area contributed by atoms with E-state index in [4.69, 9.17) is 9.84 Å². The first-order chi connectivity index (χ1) is 7.37. The third kappa shape index (κ3) is 3.16. The van der Waals surface area contributed by atoms with Crippen LogP contribution in [0.25, 0.3) is 0 Å². The first-order valence-corrected chi connectivity index (χ1v) is 6.87. The van der Waals surface area contributed by atoms with E-state index in [1.165, 1.54) is 7.11 Å². The molecule has 0 aromatic heterocycles. The molecule has 0 aromatic carbocycles. The molecule has 16 heavy (non-hydrogen) atoms. The van der Waals surface area contributed by atoms with Gasteiger partial charge in [0.2, 0.25) is 0 Å². The first kappa shape index (κ1) is 13.4. The maximum Gasteiger partial charge on any atom is 0.323 e. The number of sulfone groups is 1. The van der Waals surface area contributed by atoms with Crippen molar-refractivity contribution in [1.82, 2.24) is 4.90 Å². The van der Waals surface area contributed by atoms with Crippen molar-refractivity contribution in [1.29, 1.82) is 0 Å². The summed E-state index contributed by atoms with van der Waals surface area (Å²) < 4.78 is 27.5. The Morgan fingerprint density at radius 1 is 1.62 bits per heavy atom. The average molecular weight is 251 g/mol. The molecule has 1 saturated heterocycles. The molecule has 0 radical (unpaired) electrons. The maximum atomic E-state index is 11.4. The highest BCUT2D eigenvalue weighted by Crippen LogP contribution is 2.15. The van der Waals surface area contributed by atoms with Crippen molar-refractivity contribution >= 4 is 15.8 Å². The van der Waals surface area contributed by atoms with Crippen molar-refractivity contribution in [3.05, 3.63) is 0 Å². The molecule has 0 bridgehead atoms. The van der Waals surface area contributed by atoms with Crippen LogP contribution in [0, 0.1) is 0 Å². The number of methoxy groups -OCH3 is 1. The molecule has 1 rings (SSSR count). The van der Waals surface area contributed by atoms with E-state index in [2.05, 4.69) is 0 Å². The van der Waals surface area contributed by atoms with Crippen LogP contribution in [-0.4, -0.2) is 68.2 Å². The van der Waals surface area contributed by atoms with Crippen LogP contribution < -0.4 is 0 Å². The Balaban J connectivity index is 2.76. The monoisotopic (exact) mass is 251 g/mol. The Morgan fingerprint density at radius 3 is 2.69 bits per heavy atom. The van der Waals surface area contributed by atoms with Gasteiger partial charge in [-0.25, -0.2) is 8.42 Å². The smallest absolute Gasteiger partial charge is 0.323 e. The molecular formula is C9H17NO5S. The van der Waals surface area contributed by atoms with Gasteiger partial charge < -0.3 is 9.84 Å². The predicted molar refractivity (Wildman–Crippen MR) is 58.1 cm³/mol. The number of rotatable bonds is 4. The van der Waals surface area contributed by atoms with Crippen molar-refractivity contribution in [3.63, 3.8) is 0 Å². The molecule has 7 heteroatoms. The highest BCUT2D eigenvalue weighted by molar-refractivity contribution is 7.91. The standard InChI is InChI=1S/C9H17NO5S/c1-7-6-16(13,14)4-3-10(7)8(5-15-2)9(11)12/h7-8H,3-6H2,1-2H3,(H,11,12). The topological polar surface area (TPSA) is 83.9 Å². The first-order valence-electron chi connectivity index (χ1n) is 5.05. The van der Waals surface area contributed by atoms with E-state index in [-0.39, 0.29) is 30.7 Å². The number of aliphatic carboxylic acids is 1. The van der Waals surface area contributed by atoms with Crippen molar-refractivity contribution in [3.8, 4) is 0 Å². The van der Waals surface area contributed by atoms with Crippen molar-refractivity contribution in [2.24, 2.45) is 0 Å². The Kier molecular flexibility index (Phi) is 4.28. The quantitative estimate of drug-likeness (QED) is 0.704. The molecule has 1 fully saturated rings. The lowest BCUT2D eigenvalue weighted by Gasteiger charge is -2.36. The zero-order chi connectivity index (χ0) is 12.3. The molecule has 0 aliphatic carbocycles. The molecule has 0 amide bonds. The summed E-state index contributed by atoms with van der Waals surface area (Å²) in [6.07, 6.45) is 0. The molecule has 2 atom stereocenters. The molecule has 1 heterocycles. The maximum absolute atomic E-state index is 11.4. The predicted octanol–water partition coefficient (Wildman–Crippen LogP) is -0.795. The van der Waals surface area contributed by atoms with Gasteiger partial charge in [0.15, 0.2) is 9.84 Å². The third-order valence-electron chi connectivity index (χ3n) is 2.73. The number of hydrogen-bond acceptors (Lipinski definition) is 5. The van der Waals surface area contributed by atoms with E-state index in [1.54, 1.807) is 11.8 Å². The van der Waals surface area contributed by atoms with E-state index in [0.29, 0.717) is 0 Å². The zero-order valence-electron chi connectivity index (χ0n) is 9.42. The minimum Gasteiger partial charge on any atom is -0.480 e. The summed E-state index contributed by atoms with van der Waals surface area (Å²) in [6, 6.07) is -1.05. The summed E-state index contributed by atoms with van der Waals surface area (Å²) in [5.74, 6) is -0.946. The van der Waals surface area contributed by atoms with Crippen molar-refractivity contribution in [2.75, 3.05) is 31.8 Å². The van der Waals surface area contributed by atoms with E-state index in [9.17, 15) is 13.2 Å². The van der Waals surface area contributed by atoms with Gasteiger partial charge in [-0.05, 0) is 6.92 Å². The summed E-state index contributed by atoms with van der Waals surface area (Å²) in [4.78, 5) is 12.7. The highest BCUT2D eigenvalue weighted by Gasteiger charge is 2.35. The van der Waals surface area contributed by atoms with E-state index >= 15 is 0 Å². The SMILES string of the molecule is COCC(C(=O)O)N1CCS(=O)(=O)CC1C. The van der Waals surface area contributed by atoms with E-state index < -0.39 is 21.8 Å². The van der Waals surface area contributed by atoms with Crippen LogP contribution in [0.5, 0.6) is 0 Å². The fourth-order valence-electron chi connectivity index (χ4n) is 1.94. The molecule has 0 spiro atoms. The largest absolute Gasteiger partial charge is 0.480 e. The lowest BCUT2D eigenvalue weighted by atomic mass is 10.2. The Morgan fingerprint density at radius 2 is 2.25 bits per heavy atom. The van der Waals surface area contributed by atoms with E-state index in [0.717, 1.165) is 0 Å². The lowest BCUT2D eigenvalue weighted by Crippen LogP contribution is -2.55. The number of carbonyl (C=O) groups is 1. The van der Waals surface area contributed by atoms with E-state index in [1.807, 2.05) is 0 Å².